The van der Waals surface area contributed by atoms with Crippen molar-refractivity contribution in [1.82, 2.24) is 19.8 Å². The lowest BCUT2D eigenvalue weighted by molar-refractivity contribution is -0.137. The van der Waals surface area contributed by atoms with Crippen molar-refractivity contribution in [3.63, 3.8) is 0 Å². The van der Waals surface area contributed by atoms with Gasteiger partial charge >= 0.3 is 12.0 Å². The quantitative estimate of drug-likeness (QED) is 0.842. The molecule has 1 aromatic rings. The Labute approximate surface area is 127 Å². The zero-order chi connectivity index (χ0) is 15.2. The third kappa shape index (κ3) is 4.66. The summed E-state index contributed by atoms with van der Waals surface area (Å²) in [5.74, 6) is 0.654. The van der Waals surface area contributed by atoms with E-state index >= 15 is 0 Å². The molecule has 1 saturated heterocycles. The molecule has 2 unspecified atom stereocenters. The molecule has 116 valence electrons. The van der Waals surface area contributed by atoms with Crippen LogP contribution in [-0.4, -0.2) is 61.7 Å². The van der Waals surface area contributed by atoms with Gasteiger partial charge in [-0.2, -0.15) is 11.8 Å². The molecule has 0 aliphatic carbocycles. The monoisotopic (exact) mass is 312 g/mol. The molecule has 0 saturated carbocycles. The first-order valence-electron chi connectivity index (χ1n) is 6.88. The van der Waals surface area contributed by atoms with Crippen molar-refractivity contribution in [3.05, 3.63) is 18.7 Å². The summed E-state index contributed by atoms with van der Waals surface area (Å²) in [5.41, 5.74) is 0. The number of thioether (sulfide) groups is 1. The highest BCUT2D eigenvalue weighted by Crippen LogP contribution is 2.19. The van der Waals surface area contributed by atoms with E-state index in [9.17, 15) is 9.59 Å². The largest absolute Gasteiger partial charge is 0.481 e. The Morgan fingerprint density at radius 1 is 1.57 bits per heavy atom. The number of amides is 2. The van der Waals surface area contributed by atoms with Gasteiger partial charge in [0.15, 0.2) is 0 Å². The Balaban J connectivity index is 1.89. The van der Waals surface area contributed by atoms with Gasteiger partial charge in [-0.25, -0.2) is 9.78 Å². The number of carbonyl (C=O) groups is 2. The summed E-state index contributed by atoms with van der Waals surface area (Å²) in [7, 11) is 0. The number of carbonyl (C=O) groups excluding carboxylic acids is 1. The predicted octanol–water partition coefficient (Wildman–Crippen LogP) is 0.873. The molecule has 1 aliphatic heterocycles. The lowest BCUT2D eigenvalue weighted by Crippen LogP contribution is -2.53. The minimum absolute atomic E-state index is 0.00365. The third-order valence-corrected chi connectivity index (χ3v) is 4.40. The van der Waals surface area contributed by atoms with Gasteiger partial charge in [0.1, 0.15) is 0 Å². The van der Waals surface area contributed by atoms with Crippen LogP contribution >= 0.6 is 11.8 Å². The highest BCUT2D eigenvalue weighted by atomic mass is 32.2. The van der Waals surface area contributed by atoms with Crippen LogP contribution in [0.2, 0.25) is 0 Å². The van der Waals surface area contributed by atoms with E-state index in [0.717, 1.165) is 5.75 Å². The molecule has 1 fully saturated rings. The number of carboxylic acids is 1. The lowest BCUT2D eigenvalue weighted by Gasteiger charge is -2.35. The molecule has 2 heterocycles. The molecule has 2 atom stereocenters. The molecule has 0 radical (unpaired) electrons. The second kappa shape index (κ2) is 7.35. The van der Waals surface area contributed by atoms with Crippen molar-refractivity contribution in [2.24, 2.45) is 0 Å². The molecule has 1 aromatic heterocycles. The molecular weight excluding hydrogens is 292 g/mol. The van der Waals surface area contributed by atoms with Crippen LogP contribution in [-0.2, 0) is 11.3 Å². The van der Waals surface area contributed by atoms with E-state index in [1.165, 1.54) is 0 Å². The Morgan fingerprint density at radius 3 is 3.05 bits per heavy atom. The van der Waals surface area contributed by atoms with Crippen LogP contribution in [0.1, 0.15) is 13.3 Å². The summed E-state index contributed by atoms with van der Waals surface area (Å²) in [6, 6.07) is -0.470. The van der Waals surface area contributed by atoms with Crippen LogP contribution in [0.4, 0.5) is 4.79 Å². The van der Waals surface area contributed by atoms with E-state index in [2.05, 4.69) is 10.3 Å². The van der Waals surface area contributed by atoms with Crippen molar-refractivity contribution < 1.29 is 14.7 Å². The van der Waals surface area contributed by atoms with Crippen LogP contribution in [0.25, 0.3) is 0 Å². The molecule has 0 spiro atoms. The Kier molecular flexibility index (Phi) is 5.49. The Hall–Kier alpha value is -1.70. The number of rotatable bonds is 5. The Morgan fingerprint density at radius 2 is 2.38 bits per heavy atom. The third-order valence-electron chi connectivity index (χ3n) is 3.31. The fourth-order valence-electron chi connectivity index (χ4n) is 2.34. The maximum atomic E-state index is 12.3. The van der Waals surface area contributed by atoms with E-state index < -0.39 is 5.97 Å². The molecule has 0 aromatic carbocycles. The molecule has 2 rings (SSSR count). The number of urea groups is 1. The van der Waals surface area contributed by atoms with E-state index in [0.29, 0.717) is 18.8 Å². The minimum Gasteiger partial charge on any atom is -0.481 e. The summed E-state index contributed by atoms with van der Waals surface area (Å²) < 4.78 is 1.89. The van der Waals surface area contributed by atoms with Gasteiger partial charge in [-0.1, -0.05) is 0 Å². The van der Waals surface area contributed by atoms with E-state index in [-0.39, 0.29) is 24.5 Å². The number of nitrogens with zero attached hydrogens (tertiary/aromatic N) is 3. The lowest BCUT2D eigenvalue weighted by atomic mass is 10.2. The molecule has 21 heavy (non-hydrogen) atoms. The average molecular weight is 312 g/mol. The number of aromatic nitrogens is 2. The van der Waals surface area contributed by atoms with Gasteiger partial charge in [0.2, 0.25) is 0 Å². The van der Waals surface area contributed by atoms with Crippen molar-refractivity contribution in [1.29, 1.82) is 0 Å². The van der Waals surface area contributed by atoms with Crippen molar-refractivity contribution >= 4 is 23.8 Å². The SMILES string of the molecule is CC(Cn1ccnc1)NC(=O)N1CCSCC1CC(=O)O. The van der Waals surface area contributed by atoms with Crippen LogP contribution in [0.15, 0.2) is 18.7 Å². The Bertz CT molecular complexity index is 480. The summed E-state index contributed by atoms with van der Waals surface area (Å²) in [6.07, 6.45) is 5.23. The van der Waals surface area contributed by atoms with E-state index in [4.69, 9.17) is 5.11 Å². The zero-order valence-corrected chi connectivity index (χ0v) is 12.8. The number of hydrogen-bond acceptors (Lipinski definition) is 4. The average Bonchev–Trinajstić information content (AvgIpc) is 2.91. The molecule has 1 aliphatic rings. The topological polar surface area (TPSA) is 87.5 Å². The minimum atomic E-state index is -0.869. The van der Waals surface area contributed by atoms with Crippen LogP contribution in [0.3, 0.4) is 0 Å². The molecule has 7 nitrogen and oxygen atoms in total. The highest BCUT2D eigenvalue weighted by Gasteiger charge is 2.29. The zero-order valence-electron chi connectivity index (χ0n) is 11.9. The fraction of sp³-hybridized carbons (Fsp3) is 0.615. The van der Waals surface area contributed by atoms with Gasteiger partial charge in [-0.3, -0.25) is 4.79 Å². The van der Waals surface area contributed by atoms with E-state index in [1.54, 1.807) is 29.2 Å². The number of nitrogens with one attached hydrogen (secondary N) is 1. The normalized spacial score (nSPS) is 20.0. The van der Waals surface area contributed by atoms with E-state index in [1.807, 2.05) is 17.7 Å². The standard InChI is InChI=1S/C13H20N4O3S/c1-10(7-16-3-2-14-9-16)15-13(20)17-4-5-21-8-11(17)6-12(18)19/h2-3,9-11H,4-8H2,1H3,(H,15,20)(H,18,19). The van der Waals surface area contributed by atoms with Crippen LogP contribution in [0, 0.1) is 0 Å². The molecular formula is C13H20N4O3S. The summed E-state index contributed by atoms with van der Waals surface area (Å²) >= 11 is 1.69. The number of imidazole rings is 1. The van der Waals surface area contributed by atoms with Gasteiger partial charge < -0.3 is 19.9 Å². The second-order valence-electron chi connectivity index (χ2n) is 5.13. The fourth-order valence-corrected chi connectivity index (χ4v) is 3.41. The van der Waals surface area contributed by atoms with Gasteiger partial charge in [0.25, 0.3) is 0 Å². The highest BCUT2D eigenvalue weighted by molar-refractivity contribution is 7.99. The first-order chi connectivity index (χ1) is 10.1. The van der Waals surface area contributed by atoms with Crippen molar-refractivity contribution in [3.8, 4) is 0 Å². The van der Waals surface area contributed by atoms with Gasteiger partial charge in [0, 0.05) is 43.0 Å². The first-order valence-corrected chi connectivity index (χ1v) is 8.04. The summed E-state index contributed by atoms with van der Waals surface area (Å²) in [5, 5.41) is 11.9. The first kappa shape index (κ1) is 15.7. The number of aliphatic carboxylic acids is 1. The maximum absolute atomic E-state index is 12.3. The summed E-state index contributed by atoms with van der Waals surface area (Å²) in [4.78, 5) is 28.8. The maximum Gasteiger partial charge on any atom is 0.317 e. The smallest absolute Gasteiger partial charge is 0.317 e. The molecule has 2 amide bonds. The van der Waals surface area contributed by atoms with Gasteiger partial charge in [-0.15, -0.1) is 0 Å². The molecule has 0 bridgehead atoms. The van der Waals surface area contributed by atoms with Crippen LogP contribution < -0.4 is 5.32 Å². The van der Waals surface area contributed by atoms with Gasteiger partial charge in [-0.05, 0) is 6.92 Å². The second-order valence-corrected chi connectivity index (χ2v) is 6.28. The molecule has 8 heteroatoms. The van der Waals surface area contributed by atoms with Crippen molar-refractivity contribution in [2.75, 3.05) is 18.1 Å². The molecule has 2 N–H and O–H groups in total. The van der Waals surface area contributed by atoms with Gasteiger partial charge in [0.05, 0.1) is 18.8 Å². The summed E-state index contributed by atoms with van der Waals surface area (Å²) in [6.45, 7) is 3.15. The number of carboxylic acid groups (broad SMARTS) is 1. The van der Waals surface area contributed by atoms with Crippen molar-refractivity contribution in [2.45, 2.75) is 32.0 Å². The van der Waals surface area contributed by atoms with Crippen LogP contribution in [0.5, 0.6) is 0 Å². The number of hydrogen-bond donors (Lipinski definition) is 2. The predicted molar refractivity (Wildman–Crippen MR) is 80.3 cm³/mol.